The topological polar surface area (TPSA) is 64.1 Å². The van der Waals surface area contributed by atoms with Gasteiger partial charge in [-0.05, 0) is 18.2 Å². The van der Waals surface area contributed by atoms with Crippen LogP contribution >= 0.6 is 0 Å². The van der Waals surface area contributed by atoms with Gasteiger partial charge in [-0.2, -0.15) is 22.0 Å². The maximum Gasteiger partial charge on any atom is 0.433 e. The van der Waals surface area contributed by atoms with Gasteiger partial charge in [0.15, 0.2) is 0 Å². The Kier molecular flexibility index (Phi) is 4.72. The summed E-state index contributed by atoms with van der Waals surface area (Å²) in [5.41, 5.74) is -1.23. The zero-order valence-corrected chi connectivity index (χ0v) is 11.1. The average Bonchev–Trinajstić information content (AvgIpc) is 2.46. The van der Waals surface area contributed by atoms with E-state index in [2.05, 4.69) is 20.0 Å². The number of alkyl halides is 5. The number of nitrogens with zero attached hydrogens (tertiary/aromatic N) is 2. The fourth-order valence-corrected chi connectivity index (χ4v) is 1.56. The van der Waals surface area contributed by atoms with Gasteiger partial charge in [0.1, 0.15) is 11.4 Å². The van der Waals surface area contributed by atoms with Crippen LogP contribution in [0, 0.1) is 0 Å². The Balaban J connectivity index is 2.16. The number of amides is 1. The van der Waals surface area contributed by atoms with E-state index in [-0.39, 0.29) is 11.4 Å². The summed E-state index contributed by atoms with van der Waals surface area (Å²) in [5.74, 6) is -1.95. The van der Waals surface area contributed by atoms with Crippen molar-refractivity contribution in [3.8, 4) is 5.75 Å². The lowest BCUT2D eigenvalue weighted by Gasteiger charge is -2.09. The molecule has 1 amide bonds. The Labute approximate surface area is 126 Å². The largest absolute Gasteiger partial charge is 0.435 e. The second kappa shape index (κ2) is 6.55. The first-order valence-corrected chi connectivity index (χ1v) is 6.02. The van der Waals surface area contributed by atoms with Gasteiger partial charge in [-0.1, -0.05) is 6.07 Å². The number of halogens is 5. The van der Waals surface area contributed by atoms with Gasteiger partial charge in [-0.25, -0.2) is 9.97 Å². The number of hydrogen-bond donors (Lipinski definition) is 1. The lowest BCUT2D eigenvalue weighted by molar-refractivity contribution is -0.141. The van der Waals surface area contributed by atoms with E-state index in [0.29, 0.717) is 6.07 Å². The van der Waals surface area contributed by atoms with Gasteiger partial charge in [-0.3, -0.25) is 4.79 Å². The van der Waals surface area contributed by atoms with E-state index < -0.39 is 30.2 Å². The molecular weight excluding hydrogens is 325 g/mol. The third kappa shape index (κ3) is 4.59. The molecule has 122 valence electrons. The van der Waals surface area contributed by atoms with Crippen molar-refractivity contribution in [2.24, 2.45) is 0 Å². The first-order chi connectivity index (χ1) is 10.8. The average molecular weight is 333 g/mol. The Hall–Kier alpha value is -2.78. The third-order valence-corrected chi connectivity index (χ3v) is 2.47. The van der Waals surface area contributed by atoms with Gasteiger partial charge in [0, 0.05) is 18.0 Å². The Morgan fingerprint density at radius 1 is 1.22 bits per heavy atom. The predicted octanol–water partition coefficient (Wildman–Crippen LogP) is 3.35. The summed E-state index contributed by atoms with van der Waals surface area (Å²) >= 11 is 0. The van der Waals surface area contributed by atoms with Crippen molar-refractivity contribution in [1.29, 1.82) is 0 Å². The number of nitrogens with one attached hydrogen (secondary N) is 1. The monoisotopic (exact) mass is 333 g/mol. The van der Waals surface area contributed by atoms with Crippen molar-refractivity contribution >= 4 is 11.6 Å². The molecule has 23 heavy (non-hydrogen) atoms. The van der Waals surface area contributed by atoms with Gasteiger partial charge in [-0.15, -0.1) is 0 Å². The van der Waals surface area contributed by atoms with E-state index >= 15 is 0 Å². The summed E-state index contributed by atoms with van der Waals surface area (Å²) in [4.78, 5) is 18.4. The number of ether oxygens (including phenoxy) is 1. The molecule has 1 heterocycles. The van der Waals surface area contributed by atoms with E-state index in [0.717, 1.165) is 12.3 Å². The van der Waals surface area contributed by atoms with Crippen LogP contribution < -0.4 is 10.1 Å². The Bertz CT molecular complexity index is 706. The van der Waals surface area contributed by atoms with Gasteiger partial charge in [0.25, 0.3) is 5.91 Å². The number of hydrogen-bond acceptors (Lipinski definition) is 4. The second-order valence-corrected chi connectivity index (χ2v) is 4.12. The normalized spacial score (nSPS) is 11.4. The van der Waals surface area contributed by atoms with Gasteiger partial charge in [0.2, 0.25) is 5.82 Å². The van der Waals surface area contributed by atoms with Crippen molar-refractivity contribution in [2.75, 3.05) is 5.32 Å². The number of benzene rings is 1. The quantitative estimate of drug-likeness (QED) is 0.872. The van der Waals surface area contributed by atoms with E-state index in [4.69, 9.17) is 0 Å². The summed E-state index contributed by atoms with van der Waals surface area (Å²) in [5, 5.41) is 2.19. The highest BCUT2D eigenvalue weighted by atomic mass is 19.4. The zero-order chi connectivity index (χ0) is 17.0. The molecule has 2 rings (SSSR count). The lowest BCUT2D eigenvalue weighted by atomic mass is 10.3. The van der Waals surface area contributed by atoms with Crippen LogP contribution in [0.25, 0.3) is 0 Å². The smallest absolute Gasteiger partial charge is 0.433 e. The summed E-state index contributed by atoms with van der Waals surface area (Å²) in [6.07, 6.45) is -3.93. The van der Waals surface area contributed by atoms with Crippen LogP contribution in [0.5, 0.6) is 5.75 Å². The molecule has 5 nitrogen and oxygen atoms in total. The molecule has 1 aromatic carbocycles. The minimum atomic E-state index is -4.72. The molecule has 0 saturated heterocycles. The van der Waals surface area contributed by atoms with Gasteiger partial charge < -0.3 is 10.1 Å². The van der Waals surface area contributed by atoms with Crippen LogP contribution in [0.1, 0.15) is 16.3 Å². The van der Waals surface area contributed by atoms with Crippen molar-refractivity contribution in [3.05, 3.63) is 48.0 Å². The highest BCUT2D eigenvalue weighted by molar-refractivity contribution is 6.01. The second-order valence-electron chi connectivity index (χ2n) is 4.12. The molecular formula is C13H8F5N3O2. The maximum absolute atomic E-state index is 12.5. The van der Waals surface area contributed by atoms with E-state index in [1.54, 1.807) is 0 Å². The third-order valence-electron chi connectivity index (χ3n) is 2.47. The summed E-state index contributed by atoms with van der Waals surface area (Å²) in [6.45, 7) is -3.05. The van der Waals surface area contributed by atoms with E-state index in [1.807, 2.05) is 0 Å². The highest BCUT2D eigenvalue weighted by Gasteiger charge is 2.33. The molecule has 0 aliphatic rings. The van der Waals surface area contributed by atoms with Crippen LogP contribution in [0.15, 0.2) is 36.5 Å². The Morgan fingerprint density at radius 3 is 2.61 bits per heavy atom. The molecule has 0 spiro atoms. The molecule has 10 heteroatoms. The summed E-state index contributed by atoms with van der Waals surface area (Å²) in [7, 11) is 0. The molecule has 0 saturated carbocycles. The van der Waals surface area contributed by atoms with Crippen molar-refractivity contribution in [2.45, 2.75) is 12.8 Å². The fraction of sp³-hybridized carbons (Fsp3) is 0.154. The first kappa shape index (κ1) is 16.6. The molecule has 0 bridgehead atoms. The number of carbonyl (C=O) groups is 1. The van der Waals surface area contributed by atoms with Crippen LogP contribution in [0.3, 0.4) is 0 Å². The minimum absolute atomic E-state index is 0.0363. The maximum atomic E-state index is 12.5. The minimum Gasteiger partial charge on any atom is -0.435 e. The van der Waals surface area contributed by atoms with Crippen molar-refractivity contribution in [3.63, 3.8) is 0 Å². The molecule has 1 N–H and O–H groups in total. The first-order valence-electron chi connectivity index (χ1n) is 6.02. The van der Waals surface area contributed by atoms with Crippen LogP contribution in [-0.2, 0) is 6.18 Å². The van der Waals surface area contributed by atoms with Crippen LogP contribution in [0.2, 0.25) is 0 Å². The SMILES string of the molecule is O=C(Nc1cccc(OC(F)F)c1)c1nccc(C(F)(F)F)n1. The fourth-order valence-electron chi connectivity index (χ4n) is 1.56. The van der Waals surface area contributed by atoms with Gasteiger partial charge in [0.05, 0.1) is 0 Å². The molecule has 0 radical (unpaired) electrons. The van der Waals surface area contributed by atoms with Crippen LogP contribution in [-0.4, -0.2) is 22.5 Å². The predicted molar refractivity (Wildman–Crippen MR) is 68.1 cm³/mol. The number of rotatable bonds is 4. The van der Waals surface area contributed by atoms with Crippen molar-refractivity contribution in [1.82, 2.24) is 9.97 Å². The Morgan fingerprint density at radius 2 is 1.96 bits per heavy atom. The summed E-state index contributed by atoms with van der Waals surface area (Å²) in [6, 6.07) is 5.58. The molecule has 0 aliphatic heterocycles. The molecule has 0 unspecified atom stereocenters. The number of aromatic nitrogens is 2. The zero-order valence-electron chi connectivity index (χ0n) is 11.1. The number of carbonyl (C=O) groups excluding carboxylic acids is 1. The van der Waals surface area contributed by atoms with Gasteiger partial charge >= 0.3 is 12.8 Å². The van der Waals surface area contributed by atoms with E-state index in [9.17, 15) is 26.7 Å². The lowest BCUT2D eigenvalue weighted by Crippen LogP contribution is -2.18. The molecule has 0 atom stereocenters. The standard InChI is InChI=1S/C13H8F5N3O2/c14-12(15)23-8-3-1-2-7(6-8)20-11(22)10-19-5-4-9(21-10)13(16,17)18/h1-6,12H,(H,20,22). The highest BCUT2D eigenvalue weighted by Crippen LogP contribution is 2.27. The van der Waals surface area contributed by atoms with Crippen LogP contribution in [0.4, 0.5) is 27.6 Å². The van der Waals surface area contributed by atoms with Crippen molar-refractivity contribution < 1.29 is 31.5 Å². The molecule has 0 aliphatic carbocycles. The summed E-state index contributed by atoms with van der Waals surface area (Å²) < 4.78 is 65.9. The molecule has 0 fully saturated rings. The van der Waals surface area contributed by atoms with E-state index in [1.165, 1.54) is 18.2 Å². The molecule has 1 aromatic heterocycles. The molecule has 2 aromatic rings. The number of anilines is 1.